The number of nitro benzene ring substituents is 1. The molecule has 0 unspecified atom stereocenters. The molecule has 8 nitrogen and oxygen atoms in total. The molecule has 1 aromatic rings. The number of amides is 1. The van der Waals surface area contributed by atoms with Crippen LogP contribution in [0.5, 0.6) is 5.75 Å². The van der Waals surface area contributed by atoms with Gasteiger partial charge >= 0.3 is 11.7 Å². The van der Waals surface area contributed by atoms with Gasteiger partial charge in [-0.15, -0.1) is 0 Å². The number of carbonyl (C=O) groups is 2. The Hall–Kier alpha value is -2.64. The van der Waals surface area contributed by atoms with Gasteiger partial charge < -0.3 is 15.2 Å². The maximum Gasteiger partial charge on any atom is 0.335 e. The molecule has 1 aromatic carbocycles. The van der Waals surface area contributed by atoms with Crippen LogP contribution in [0.4, 0.5) is 5.69 Å². The molecule has 1 amide bonds. The lowest BCUT2D eigenvalue weighted by Crippen LogP contribution is -2.29. The van der Waals surface area contributed by atoms with E-state index in [1.54, 1.807) is 0 Å². The summed E-state index contributed by atoms with van der Waals surface area (Å²) >= 11 is 0. The van der Waals surface area contributed by atoms with Gasteiger partial charge in [-0.25, -0.2) is 4.79 Å². The van der Waals surface area contributed by atoms with Crippen molar-refractivity contribution in [2.24, 2.45) is 0 Å². The summed E-state index contributed by atoms with van der Waals surface area (Å²) in [5.74, 6) is -1.90. The molecule has 0 saturated carbocycles. The molecule has 1 rings (SSSR count). The maximum absolute atomic E-state index is 11.5. The van der Waals surface area contributed by atoms with Crippen molar-refractivity contribution >= 4 is 17.6 Å². The lowest BCUT2D eigenvalue weighted by atomic mass is 10.2. The van der Waals surface area contributed by atoms with Gasteiger partial charge in [0.1, 0.15) is 0 Å². The van der Waals surface area contributed by atoms with E-state index in [0.717, 1.165) is 31.0 Å². The fraction of sp³-hybridized carbons (Fsp3) is 0.385. The molecule has 0 aromatic heterocycles. The van der Waals surface area contributed by atoms with Crippen LogP contribution in [-0.2, 0) is 4.79 Å². The zero-order valence-electron chi connectivity index (χ0n) is 11.5. The average Bonchev–Trinajstić information content (AvgIpc) is 2.44. The van der Waals surface area contributed by atoms with Crippen LogP contribution >= 0.6 is 0 Å². The minimum absolute atomic E-state index is 0.151. The van der Waals surface area contributed by atoms with Crippen molar-refractivity contribution < 1.29 is 24.4 Å². The first-order valence-electron chi connectivity index (χ1n) is 6.37. The Morgan fingerprint density at radius 3 is 2.71 bits per heavy atom. The molecule has 21 heavy (non-hydrogen) atoms. The maximum atomic E-state index is 11.5. The van der Waals surface area contributed by atoms with Crippen molar-refractivity contribution in [3.05, 3.63) is 33.9 Å². The monoisotopic (exact) mass is 296 g/mol. The van der Waals surface area contributed by atoms with Gasteiger partial charge in [-0.1, -0.05) is 13.3 Å². The second kappa shape index (κ2) is 7.83. The quantitative estimate of drug-likeness (QED) is 0.427. The van der Waals surface area contributed by atoms with Gasteiger partial charge in [-0.3, -0.25) is 14.9 Å². The fourth-order valence-corrected chi connectivity index (χ4v) is 1.51. The van der Waals surface area contributed by atoms with Crippen LogP contribution < -0.4 is 10.1 Å². The molecule has 0 heterocycles. The third-order valence-corrected chi connectivity index (χ3v) is 2.61. The lowest BCUT2D eigenvalue weighted by molar-refractivity contribution is -0.385. The second-order valence-corrected chi connectivity index (χ2v) is 4.24. The zero-order valence-corrected chi connectivity index (χ0v) is 11.5. The number of nitrogens with one attached hydrogen (secondary N) is 1. The Balaban J connectivity index is 2.75. The highest BCUT2D eigenvalue weighted by molar-refractivity contribution is 5.88. The van der Waals surface area contributed by atoms with Crippen LogP contribution in [0.15, 0.2) is 18.2 Å². The molecular formula is C13H16N2O6. The topological polar surface area (TPSA) is 119 Å². The summed E-state index contributed by atoms with van der Waals surface area (Å²) in [6, 6.07) is 3.17. The summed E-state index contributed by atoms with van der Waals surface area (Å²) in [6.07, 6.45) is 1.74. The first kappa shape index (κ1) is 16.4. The van der Waals surface area contributed by atoms with Crippen LogP contribution in [0.1, 0.15) is 30.1 Å². The number of hydrogen-bond donors (Lipinski definition) is 2. The number of carbonyl (C=O) groups excluding carboxylic acids is 1. The number of hydrogen-bond acceptors (Lipinski definition) is 5. The van der Waals surface area contributed by atoms with Crippen molar-refractivity contribution in [3.8, 4) is 5.75 Å². The summed E-state index contributed by atoms with van der Waals surface area (Å²) in [4.78, 5) is 32.4. The van der Waals surface area contributed by atoms with E-state index in [2.05, 4.69) is 5.32 Å². The SMILES string of the molecule is CCCCNC(=O)COc1cc(C(=O)O)ccc1[N+](=O)[O-]. The predicted octanol–water partition coefficient (Wildman–Crippen LogP) is 1.59. The average molecular weight is 296 g/mol. The molecular weight excluding hydrogens is 280 g/mol. The van der Waals surface area contributed by atoms with Gasteiger partial charge in [0.25, 0.3) is 5.91 Å². The second-order valence-electron chi connectivity index (χ2n) is 4.24. The van der Waals surface area contributed by atoms with Crippen molar-refractivity contribution in [2.75, 3.05) is 13.2 Å². The number of carboxylic acids is 1. The molecule has 0 atom stereocenters. The molecule has 8 heteroatoms. The fourth-order valence-electron chi connectivity index (χ4n) is 1.51. The van der Waals surface area contributed by atoms with Gasteiger partial charge in [0.2, 0.25) is 0 Å². The summed E-state index contributed by atoms with van der Waals surface area (Å²) in [5.41, 5.74) is -0.539. The Bertz CT molecular complexity index is 543. The van der Waals surface area contributed by atoms with E-state index >= 15 is 0 Å². The number of benzene rings is 1. The summed E-state index contributed by atoms with van der Waals surface area (Å²) in [5, 5.41) is 22.3. The molecule has 0 aliphatic carbocycles. The van der Waals surface area contributed by atoms with Gasteiger partial charge in [0.15, 0.2) is 12.4 Å². The van der Waals surface area contributed by atoms with E-state index < -0.39 is 23.4 Å². The van der Waals surface area contributed by atoms with E-state index in [1.807, 2.05) is 6.92 Å². The highest BCUT2D eigenvalue weighted by atomic mass is 16.6. The molecule has 0 aliphatic rings. The van der Waals surface area contributed by atoms with E-state index in [-0.39, 0.29) is 17.0 Å². The lowest BCUT2D eigenvalue weighted by Gasteiger charge is -2.08. The van der Waals surface area contributed by atoms with Gasteiger partial charge in [0.05, 0.1) is 10.5 Å². The Morgan fingerprint density at radius 2 is 2.14 bits per heavy atom. The first-order valence-corrected chi connectivity index (χ1v) is 6.37. The Kier molecular flexibility index (Phi) is 6.12. The van der Waals surface area contributed by atoms with E-state index in [9.17, 15) is 19.7 Å². The molecule has 0 spiro atoms. The van der Waals surface area contributed by atoms with Crippen molar-refractivity contribution in [2.45, 2.75) is 19.8 Å². The van der Waals surface area contributed by atoms with Crippen LogP contribution in [0, 0.1) is 10.1 Å². The van der Waals surface area contributed by atoms with Gasteiger partial charge in [0, 0.05) is 18.7 Å². The normalized spacial score (nSPS) is 9.95. The number of unbranched alkanes of at least 4 members (excludes halogenated alkanes) is 1. The summed E-state index contributed by atoms with van der Waals surface area (Å²) < 4.78 is 5.06. The summed E-state index contributed by atoms with van der Waals surface area (Å²) in [6.45, 7) is 2.06. The molecule has 0 aliphatic heterocycles. The van der Waals surface area contributed by atoms with Gasteiger partial charge in [-0.05, 0) is 12.5 Å². The molecule has 0 radical (unpaired) electrons. The highest BCUT2D eigenvalue weighted by Crippen LogP contribution is 2.27. The van der Waals surface area contributed by atoms with Crippen LogP contribution in [0.3, 0.4) is 0 Å². The zero-order chi connectivity index (χ0) is 15.8. The minimum Gasteiger partial charge on any atom is -0.478 e. The Labute approximate surface area is 120 Å². The molecule has 0 saturated heterocycles. The minimum atomic E-state index is -1.23. The molecule has 114 valence electrons. The largest absolute Gasteiger partial charge is 0.478 e. The van der Waals surface area contributed by atoms with E-state index in [1.165, 1.54) is 0 Å². The Morgan fingerprint density at radius 1 is 1.43 bits per heavy atom. The van der Waals surface area contributed by atoms with E-state index in [0.29, 0.717) is 6.54 Å². The van der Waals surface area contributed by atoms with Crippen molar-refractivity contribution in [3.63, 3.8) is 0 Å². The smallest absolute Gasteiger partial charge is 0.335 e. The number of carboxylic acid groups (broad SMARTS) is 1. The highest BCUT2D eigenvalue weighted by Gasteiger charge is 2.18. The third kappa shape index (κ3) is 5.09. The predicted molar refractivity (Wildman–Crippen MR) is 73.5 cm³/mol. The number of nitro groups is 1. The van der Waals surface area contributed by atoms with Crippen LogP contribution in [0.25, 0.3) is 0 Å². The van der Waals surface area contributed by atoms with Gasteiger partial charge in [-0.2, -0.15) is 0 Å². The first-order chi connectivity index (χ1) is 9.95. The van der Waals surface area contributed by atoms with Crippen molar-refractivity contribution in [1.29, 1.82) is 0 Å². The van der Waals surface area contributed by atoms with Crippen LogP contribution in [0.2, 0.25) is 0 Å². The summed E-state index contributed by atoms with van der Waals surface area (Å²) in [7, 11) is 0. The standard InChI is InChI=1S/C13H16N2O6/c1-2-3-6-14-12(16)8-21-11-7-9(13(17)18)4-5-10(11)15(19)20/h4-5,7H,2-3,6,8H2,1H3,(H,14,16)(H,17,18). The number of ether oxygens (including phenoxy) is 1. The third-order valence-electron chi connectivity index (χ3n) is 2.61. The van der Waals surface area contributed by atoms with Crippen molar-refractivity contribution in [1.82, 2.24) is 5.32 Å². The van der Waals surface area contributed by atoms with E-state index in [4.69, 9.17) is 9.84 Å². The number of rotatable bonds is 8. The van der Waals surface area contributed by atoms with Crippen LogP contribution in [-0.4, -0.2) is 35.1 Å². The number of aromatic carboxylic acids is 1. The number of nitrogens with zero attached hydrogens (tertiary/aromatic N) is 1. The molecule has 0 bridgehead atoms. The molecule has 2 N–H and O–H groups in total. The molecule has 0 fully saturated rings.